The number of aliphatic carboxylic acids is 1. The van der Waals surface area contributed by atoms with E-state index in [2.05, 4.69) is 24.2 Å². The van der Waals surface area contributed by atoms with Gasteiger partial charge in [0, 0.05) is 12.1 Å². The summed E-state index contributed by atoms with van der Waals surface area (Å²) in [5, 5.41) is 12.9. The summed E-state index contributed by atoms with van der Waals surface area (Å²) in [5.74, 6) is -0.380. The van der Waals surface area contributed by atoms with Crippen LogP contribution in [0.15, 0.2) is 0 Å². The molecule has 1 saturated carbocycles. The normalized spacial score (nSPS) is 37.2. The average molecular weight is 268 g/mol. The number of nitrogens with zero attached hydrogens (tertiary/aromatic N) is 1. The molecule has 19 heavy (non-hydrogen) atoms. The van der Waals surface area contributed by atoms with Gasteiger partial charge in [-0.15, -0.1) is 0 Å². The molecule has 4 atom stereocenters. The molecule has 4 heteroatoms. The Morgan fingerprint density at radius 1 is 1.32 bits per heavy atom. The van der Waals surface area contributed by atoms with Crippen molar-refractivity contribution < 1.29 is 9.90 Å². The molecule has 2 rings (SSSR count). The van der Waals surface area contributed by atoms with Crippen molar-refractivity contribution >= 4 is 5.97 Å². The highest BCUT2D eigenvalue weighted by atomic mass is 16.4. The van der Waals surface area contributed by atoms with E-state index >= 15 is 0 Å². The van der Waals surface area contributed by atoms with Gasteiger partial charge in [-0.05, 0) is 58.7 Å². The van der Waals surface area contributed by atoms with Crippen LogP contribution in [0.25, 0.3) is 0 Å². The number of likely N-dealkylation sites (tertiary alicyclic amines) is 1. The number of carbonyl (C=O) groups is 1. The lowest BCUT2D eigenvalue weighted by Crippen LogP contribution is -2.47. The van der Waals surface area contributed by atoms with E-state index in [0.29, 0.717) is 18.0 Å². The Morgan fingerprint density at radius 2 is 2.05 bits per heavy atom. The van der Waals surface area contributed by atoms with E-state index in [4.69, 9.17) is 0 Å². The van der Waals surface area contributed by atoms with Crippen LogP contribution in [0.1, 0.15) is 45.4 Å². The maximum atomic E-state index is 11.3. The molecule has 0 spiro atoms. The summed E-state index contributed by atoms with van der Waals surface area (Å²) in [7, 11) is 2.18. The van der Waals surface area contributed by atoms with E-state index in [1.807, 2.05) is 0 Å². The lowest BCUT2D eigenvalue weighted by molar-refractivity contribution is -0.144. The van der Waals surface area contributed by atoms with Crippen LogP contribution < -0.4 is 5.32 Å². The van der Waals surface area contributed by atoms with Gasteiger partial charge in [0.25, 0.3) is 0 Å². The van der Waals surface area contributed by atoms with Crippen molar-refractivity contribution in [3.63, 3.8) is 0 Å². The molecule has 2 N–H and O–H groups in total. The van der Waals surface area contributed by atoms with Gasteiger partial charge in [0.15, 0.2) is 0 Å². The summed E-state index contributed by atoms with van der Waals surface area (Å²) in [5.41, 5.74) is 0. The fourth-order valence-electron chi connectivity index (χ4n) is 3.57. The third-order valence-electron chi connectivity index (χ3n) is 5.10. The fourth-order valence-corrected chi connectivity index (χ4v) is 3.57. The van der Waals surface area contributed by atoms with Crippen molar-refractivity contribution in [2.45, 2.75) is 57.5 Å². The lowest BCUT2D eigenvalue weighted by atomic mass is 9.79. The smallest absolute Gasteiger partial charge is 0.306 e. The van der Waals surface area contributed by atoms with Crippen LogP contribution in [0.3, 0.4) is 0 Å². The number of hydrogen-bond donors (Lipinski definition) is 2. The highest BCUT2D eigenvalue weighted by Crippen LogP contribution is 2.30. The molecular formula is C15H28N2O2. The molecule has 2 fully saturated rings. The molecule has 1 aliphatic heterocycles. The molecular weight excluding hydrogens is 240 g/mol. The van der Waals surface area contributed by atoms with Crippen molar-refractivity contribution in [1.29, 1.82) is 0 Å². The van der Waals surface area contributed by atoms with Crippen molar-refractivity contribution in [3.05, 3.63) is 0 Å². The first-order chi connectivity index (χ1) is 9.08. The second-order valence-corrected chi connectivity index (χ2v) is 6.45. The van der Waals surface area contributed by atoms with Crippen LogP contribution in [-0.2, 0) is 4.79 Å². The average Bonchev–Trinajstić information content (AvgIpc) is 2.40. The second-order valence-electron chi connectivity index (χ2n) is 6.45. The molecule has 110 valence electrons. The zero-order valence-corrected chi connectivity index (χ0v) is 12.3. The van der Waals surface area contributed by atoms with Gasteiger partial charge in [0.2, 0.25) is 0 Å². The Morgan fingerprint density at radius 3 is 2.74 bits per heavy atom. The van der Waals surface area contributed by atoms with Gasteiger partial charge in [-0.25, -0.2) is 0 Å². The van der Waals surface area contributed by atoms with Gasteiger partial charge in [0.1, 0.15) is 0 Å². The van der Waals surface area contributed by atoms with Crippen LogP contribution in [0.5, 0.6) is 0 Å². The Labute approximate surface area is 116 Å². The number of nitrogens with one attached hydrogen (secondary N) is 1. The van der Waals surface area contributed by atoms with Crippen LogP contribution in [-0.4, -0.2) is 48.2 Å². The molecule has 0 aromatic rings. The van der Waals surface area contributed by atoms with E-state index in [0.717, 1.165) is 32.4 Å². The van der Waals surface area contributed by atoms with Crippen LogP contribution in [0.2, 0.25) is 0 Å². The summed E-state index contributed by atoms with van der Waals surface area (Å²) < 4.78 is 0. The molecule has 1 heterocycles. The van der Waals surface area contributed by atoms with Gasteiger partial charge in [0.05, 0.1) is 5.92 Å². The number of hydrogen-bond acceptors (Lipinski definition) is 3. The fraction of sp³-hybridized carbons (Fsp3) is 0.933. The van der Waals surface area contributed by atoms with E-state index in [9.17, 15) is 9.90 Å². The number of rotatable bonds is 4. The Kier molecular flexibility index (Phi) is 5.22. The molecule has 1 saturated heterocycles. The van der Waals surface area contributed by atoms with Crippen LogP contribution >= 0.6 is 0 Å². The predicted octanol–water partition coefficient (Wildman–Crippen LogP) is 1.95. The zero-order valence-electron chi connectivity index (χ0n) is 12.3. The molecule has 0 aromatic carbocycles. The highest BCUT2D eigenvalue weighted by Gasteiger charge is 2.31. The molecule has 0 aromatic heterocycles. The van der Waals surface area contributed by atoms with Crippen molar-refractivity contribution in [1.82, 2.24) is 10.2 Å². The Hall–Kier alpha value is -0.610. The molecule has 4 unspecified atom stereocenters. The topological polar surface area (TPSA) is 52.6 Å². The summed E-state index contributed by atoms with van der Waals surface area (Å²) in [6, 6.07) is 1.20. The van der Waals surface area contributed by atoms with Crippen molar-refractivity contribution in [3.8, 4) is 0 Å². The number of carboxylic acid groups (broad SMARTS) is 1. The molecule has 4 nitrogen and oxygen atoms in total. The number of piperidine rings is 1. The molecule has 2 aliphatic rings. The largest absolute Gasteiger partial charge is 0.481 e. The van der Waals surface area contributed by atoms with Crippen molar-refractivity contribution in [2.75, 3.05) is 20.1 Å². The minimum Gasteiger partial charge on any atom is -0.481 e. The van der Waals surface area contributed by atoms with E-state index in [1.54, 1.807) is 0 Å². The summed E-state index contributed by atoms with van der Waals surface area (Å²) in [6.07, 6.45) is 6.59. The third-order valence-corrected chi connectivity index (χ3v) is 5.10. The first-order valence-electron chi connectivity index (χ1n) is 7.74. The summed E-state index contributed by atoms with van der Waals surface area (Å²) in [6.45, 7) is 4.30. The van der Waals surface area contributed by atoms with Crippen LogP contribution in [0, 0.1) is 11.8 Å². The third kappa shape index (κ3) is 3.93. The van der Waals surface area contributed by atoms with Gasteiger partial charge in [-0.1, -0.05) is 12.8 Å². The van der Waals surface area contributed by atoms with Gasteiger partial charge in [-0.2, -0.15) is 0 Å². The summed E-state index contributed by atoms with van der Waals surface area (Å²) in [4.78, 5) is 13.7. The van der Waals surface area contributed by atoms with Gasteiger partial charge >= 0.3 is 5.97 Å². The van der Waals surface area contributed by atoms with Crippen molar-refractivity contribution in [2.24, 2.45) is 11.8 Å². The zero-order chi connectivity index (χ0) is 13.8. The van der Waals surface area contributed by atoms with E-state index in [1.165, 1.54) is 19.3 Å². The highest BCUT2D eigenvalue weighted by molar-refractivity contribution is 5.70. The van der Waals surface area contributed by atoms with E-state index < -0.39 is 5.97 Å². The Balaban J connectivity index is 1.79. The van der Waals surface area contributed by atoms with Gasteiger partial charge in [-0.3, -0.25) is 4.79 Å². The van der Waals surface area contributed by atoms with Gasteiger partial charge < -0.3 is 15.3 Å². The molecule has 1 aliphatic carbocycles. The Bertz CT molecular complexity index is 309. The lowest BCUT2D eigenvalue weighted by Gasteiger charge is -2.37. The summed E-state index contributed by atoms with van der Waals surface area (Å²) >= 11 is 0. The first kappa shape index (κ1) is 14.8. The monoisotopic (exact) mass is 268 g/mol. The van der Waals surface area contributed by atoms with E-state index in [-0.39, 0.29) is 5.92 Å². The minimum absolute atomic E-state index is 0.120. The first-order valence-corrected chi connectivity index (χ1v) is 7.74. The van der Waals surface area contributed by atoms with Crippen LogP contribution in [0.4, 0.5) is 0 Å². The standard InChI is InChI=1S/C15H28N2O2/c1-11-9-13(7-8-17(11)2)16-10-12-5-3-4-6-14(12)15(18)19/h11-14,16H,3-10H2,1-2H3,(H,18,19). The minimum atomic E-state index is -0.594. The predicted molar refractivity (Wildman–Crippen MR) is 76.2 cm³/mol. The number of carboxylic acids is 1. The maximum absolute atomic E-state index is 11.3. The molecule has 0 amide bonds. The molecule has 0 bridgehead atoms. The quantitative estimate of drug-likeness (QED) is 0.818. The maximum Gasteiger partial charge on any atom is 0.306 e. The second kappa shape index (κ2) is 6.71. The molecule has 0 radical (unpaired) electrons. The SMILES string of the molecule is CC1CC(NCC2CCCCC2C(=O)O)CCN1C.